The zero-order valence-electron chi connectivity index (χ0n) is 8.91. The Bertz CT molecular complexity index is 431. The van der Waals surface area contributed by atoms with Gasteiger partial charge in [0.1, 0.15) is 11.4 Å². The fraction of sp³-hybridized carbons (Fsp3) is 0.417. The van der Waals surface area contributed by atoms with Crippen molar-refractivity contribution in [1.29, 1.82) is 0 Å². The highest BCUT2D eigenvalue weighted by Crippen LogP contribution is 2.35. The normalized spacial score (nSPS) is 16.4. The first-order valence-electron chi connectivity index (χ1n) is 4.95. The molecule has 3 heteroatoms. The third kappa shape index (κ3) is 2.08. The zero-order valence-corrected chi connectivity index (χ0v) is 8.91. The van der Waals surface area contributed by atoms with Gasteiger partial charge in [-0.1, -0.05) is 12.1 Å². The van der Waals surface area contributed by atoms with E-state index in [1.807, 2.05) is 18.2 Å². The number of hydrogen-bond acceptors (Lipinski definition) is 3. The molecule has 0 bridgehead atoms. The van der Waals surface area contributed by atoms with E-state index in [2.05, 4.69) is 18.8 Å². The minimum absolute atomic E-state index is 0.116. The minimum Gasteiger partial charge on any atom is -0.487 e. The SMILES string of the molecule is CC1(C)Cc2cc(CN=C=O)ccc2O1. The largest absolute Gasteiger partial charge is 0.487 e. The molecule has 0 fully saturated rings. The van der Waals surface area contributed by atoms with Gasteiger partial charge in [-0.15, -0.1) is 0 Å². The van der Waals surface area contributed by atoms with Gasteiger partial charge in [-0.05, 0) is 31.0 Å². The van der Waals surface area contributed by atoms with Crippen LogP contribution in [0.15, 0.2) is 23.2 Å². The van der Waals surface area contributed by atoms with Crippen LogP contribution in [0, 0.1) is 0 Å². The molecule has 15 heavy (non-hydrogen) atoms. The van der Waals surface area contributed by atoms with Crippen LogP contribution in [-0.2, 0) is 17.8 Å². The van der Waals surface area contributed by atoms with Crippen molar-refractivity contribution < 1.29 is 9.53 Å². The molecule has 0 aliphatic carbocycles. The summed E-state index contributed by atoms with van der Waals surface area (Å²) in [7, 11) is 0. The first-order chi connectivity index (χ1) is 7.11. The van der Waals surface area contributed by atoms with Crippen LogP contribution in [0.4, 0.5) is 0 Å². The van der Waals surface area contributed by atoms with Gasteiger partial charge in [0.2, 0.25) is 6.08 Å². The predicted octanol–water partition coefficient (Wildman–Crippen LogP) is 2.24. The van der Waals surface area contributed by atoms with Crippen LogP contribution in [0.2, 0.25) is 0 Å². The molecule has 2 rings (SSSR count). The molecular weight excluding hydrogens is 190 g/mol. The fourth-order valence-corrected chi connectivity index (χ4v) is 1.88. The van der Waals surface area contributed by atoms with Crippen molar-refractivity contribution in [2.75, 3.05) is 0 Å². The van der Waals surface area contributed by atoms with Gasteiger partial charge in [0, 0.05) is 6.42 Å². The van der Waals surface area contributed by atoms with Crippen molar-refractivity contribution in [1.82, 2.24) is 0 Å². The molecule has 0 spiro atoms. The lowest BCUT2D eigenvalue weighted by atomic mass is 10.0. The Hall–Kier alpha value is -1.60. The van der Waals surface area contributed by atoms with Gasteiger partial charge in [-0.2, -0.15) is 0 Å². The lowest BCUT2D eigenvalue weighted by Gasteiger charge is -2.16. The molecule has 1 heterocycles. The molecule has 0 radical (unpaired) electrons. The number of rotatable bonds is 2. The van der Waals surface area contributed by atoms with Gasteiger partial charge in [-0.3, -0.25) is 0 Å². The maximum atomic E-state index is 10.00. The standard InChI is InChI=1S/C12H13NO2/c1-12(2)6-10-5-9(7-13-8-14)3-4-11(10)15-12/h3-5H,6-7H2,1-2H3. The lowest BCUT2D eigenvalue weighted by molar-refractivity contribution is 0.138. The molecule has 0 atom stereocenters. The van der Waals surface area contributed by atoms with E-state index in [4.69, 9.17) is 4.74 Å². The molecule has 1 aromatic rings. The minimum atomic E-state index is -0.116. The molecule has 0 saturated heterocycles. The third-order valence-electron chi connectivity index (χ3n) is 2.45. The van der Waals surface area contributed by atoms with Crippen LogP contribution in [0.5, 0.6) is 5.75 Å². The first-order valence-corrected chi connectivity index (χ1v) is 4.95. The second-order valence-electron chi connectivity index (χ2n) is 4.39. The van der Waals surface area contributed by atoms with Crippen LogP contribution < -0.4 is 4.74 Å². The molecule has 0 aromatic heterocycles. The fourth-order valence-electron chi connectivity index (χ4n) is 1.88. The Morgan fingerprint density at radius 1 is 1.53 bits per heavy atom. The van der Waals surface area contributed by atoms with E-state index in [1.54, 1.807) is 6.08 Å². The Balaban J connectivity index is 2.26. The van der Waals surface area contributed by atoms with Gasteiger partial charge >= 0.3 is 0 Å². The number of carbonyl (C=O) groups excluding carboxylic acids is 1. The van der Waals surface area contributed by atoms with Crippen LogP contribution in [0.3, 0.4) is 0 Å². The average Bonchev–Trinajstić information content (AvgIpc) is 2.47. The highest BCUT2D eigenvalue weighted by Gasteiger charge is 2.29. The van der Waals surface area contributed by atoms with E-state index in [-0.39, 0.29) is 5.60 Å². The van der Waals surface area contributed by atoms with E-state index in [0.29, 0.717) is 6.54 Å². The smallest absolute Gasteiger partial charge is 0.235 e. The lowest BCUT2D eigenvalue weighted by Crippen LogP contribution is -2.24. The van der Waals surface area contributed by atoms with Gasteiger partial charge in [0.05, 0.1) is 6.54 Å². The van der Waals surface area contributed by atoms with Crippen molar-refractivity contribution in [3.05, 3.63) is 29.3 Å². The summed E-state index contributed by atoms with van der Waals surface area (Å²) in [6.45, 7) is 4.53. The van der Waals surface area contributed by atoms with Crippen LogP contribution in [0.25, 0.3) is 0 Å². The number of nitrogens with zero attached hydrogens (tertiary/aromatic N) is 1. The number of isocyanates is 1. The first kappa shape index (κ1) is 9.94. The van der Waals surface area contributed by atoms with Gasteiger partial charge in [0.25, 0.3) is 0 Å². The summed E-state index contributed by atoms with van der Waals surface area (Å²) < 4.78 is 5.75. The van der Waals surface area contributed by atoms with E-state index in [0.717, 1.165) is 17.7 Å². The number of hydrogen-bond donors (Lipinski definition) is 0. The molecule has 0 unspecified atom stereocenters. The predicted molar refractivity (Wildman–Crippen MR) is 56.7 cm³/mol. The quantitative estimate of drug-likeness (QED) is 0.546. The van der Waals surface area contributed by atoms with Crippen LogP contribution in [-0.4, -0.2) is 11.7 Å². The Morgan fingerprint density at radius 3 is 3.07 bits per heavy atom. The van der Waals surface area contributed by atoms with Crippen molar-refractivity contribution in [2.45, 2.75) is 32.4 Å². The number of fused-ring (bicyclic) bond motifs is 1. The molecule has 0 N–H and O–H groups in total. The number of aliphatic imine (C=N–C) groups is 1. The maximum Gasteiger partial charge on any atom is 0.235 e. The van der Waals surface area contributed by atoms with Crippen molar-refractivity contribution in [2.24, 2.45) is 4.99 Å². The Labute approximate surface area is 88.8 Å². The summed E-state index contributed by atoms with van der Waals surface area (Å²) in [6, 6.07) is 5.92. The van der Waals surface area contributed by atoms with E-state index in [9.17, 15) is 4.79 Å². The molecule has 78 valence electrons. The van der Waals surface area contributed by atoms with Crippen LogP contribution in [0.1, 0.15) is 25.0 Å². The van der Waals surface area contributed by atoms with E-state index < -0.39 is 0 Å². The van der Waals surface area contributed by atoms with Crippen molar-refractivity contribution in [3.63, 3.8) is 0 Å². The molecular formula is C12H13NO2. The van der Waals surface area contributed by atoms with E-state index in [1.165, 1.54) is 5.56 Å². The maximum absolute atomic E-state index is 10.00. The molecule has 0 amide bonds. The second-order valence-corrected chi connectivity index (χ2v) is 4.39. The van der Waals surface area contributed by atoms with Crippen molar-refractivity contribution in [3.8, 4) is 5.75 Å². The average molecular weight is 203 g/mol. The summed E-state index contributed by atoms with van der Waals surface area (Å²) >= 11 is 0. The van der Waals surface area contributed by atoms with Crippen molar-refractivity contribution >= 4 is 6.08 Å². The van der Waals surface area contributed by atoms with E-state index >= 15 is 0 Å². The highest BCUT2D eigenvalue weighted by molar-refractivity contribution is 5.42. The Kier molecular flexibility index (Phi) is 2.33. The number of ether oxygens (including phenoxy) is 1. The highest BCUT2D eigenvalue weighted by atomic mass is 16.5. The summed E-state index contributed by atoms with van der Waals surface area (Å²) in [5.41, 5.74) is 2.10. The summed E-state index contributed by atoms with van der Waals surface area (Å²) in [5, 5.41) is 0. The number of benzene rings is 1. The van der Waals surface area contributed by atoms with Gasteiger partial charge in [-0.25, -0.2) is 9.79 Å². The molecule has 0 saturated carbocycles. The van der Waals surface area contributed by atoms with Gasteiger partial charge < -0.3 is 4.74 Å². The summed E-state index contributed by atoms with van der Waals surface area (Å²) in [6.07, 6.45) is 2.45. The third-order valence-corrected chi connectivity index (χ3v) is 2.45. The monoisotopic (exact) mass is 203 g/mol. The zero-order chi connectivity index (χ0) is 10.9. The van der Waals surface area contributed by atoms with Gasteiger partial charge in [0.15, 0.2) is 0 Å². The molecule has 1 aliphatic rings. The summed E-state index contributed by atoms with van der Waals surface area (Å²) in [5.74, 6) is 0.943. The molecule has 3 nitrogen and oxygen atoms in total. The topological polar surface area (TPSA) is 38.7 Å². The summed E-state index contributed by atoms with van der Waals surface area (Å²) in [4.78, 5) is 13.6. The molecule has 1 aromatic carbocycles. The second kappa shape index (κ2) is 3.52. The Morgan fingerprint density at radius 2 is 2.33 bits per heavy atom. The van der Waals surface area contributed by atoms with Crippen LogP contribution >= 0.6 is 0 Å². The molecule has 1 aliphatic heterocycles.